The topological polar surface area (TPSA) is 57.6 Å². The lowest BCUT2D eigenvalue weighted by atomic mass is 9.98. The van der Waals surface area contributed by atoms with Gasteiger partial charge in [0.2, 0.25) is 0 Å². The first-order valence-electron chi connectivity index (χ1n) is 9.17. The number of anilines is 1. The predicted molar refractivity (Wildman–Crippen MR) is 121 cm³/mol. The van der Waals surface area contributed by atoms with Gasteiger partial charge in [0, 0.05) is 16.1 Å². The average molecular weight is 458 g/mol. The fourth-order valence-electron chi connectivity index (χ4n) is 3.63. The number of benzene rings is 2. The lowest BCUT2D eigenvalue weighted by Crippen LogP contribution is -2.30. The van der Waals surface area contributed by atoms with Crippen LogP contribution in [0.2, 0.25) is 10.0 Å². The minimum Gasteiger partial charge on any atom is -0.507 e. The Labute approximate surface area is 188 Å². The van der Waals surface area contributed by atoms with E-state index in [2.05, 4.69) is 0 Å². The van der Waals surface area contributed by atoms with E-state index in [-0.39, 0.29) is 16.4 Å². The van der Waals surface area contributed by atoms with Crippen molar-refractivity contribution in [1.82, 2.24) is 0 Å². The zero-order valence-electron chi connectivity index (χ0n) is 16.1. The first kappa shape index (κ1) is 20.7. The second-order valence-electron chi connectivity index (χ2n) is 7.05. The Morgan fingerprint density at radius 3 is 2.37 bits per heavy atom. The number of Topliss-reactive ketones (excluding diaryl/α,β-unsaturated/α-hetero) is 1. The molecule has 1 N–H and O–H groups in total. The zero-order valence-corrected chi connectivity index (χ0v) is 18.5. The van der Waals surface area contributed by atoms with Crippen molar-refractivity contribution < 1.29 is 14.7 Å². The molecule has 1 aliphatic heterocycles. The van der Waals surface area contributed by atoms with Gasteiger partial charge in [0.25, 0.3) is 11.7 Å². The van der Waals surface area contributed by atoms with Crippen molar-refractivity contribution in [2.45, 2.75) is 19.9 Å². The maximum absolute atomic E-state index is 13.1. The molecule has 1 aliphatic rings. The van der Waals surface area contributed by atoms with Gasteiger partial charge in [0.15, 0.2) is 0 Å². The number of rotatable bonds is 3. The number of hydrogen-bond acceptors (Lipinski definition) is 4. The van der Waals surface area contributed by atoms with Crippen molar-refractivity contribution >= 4 is 57.7 Å². The van der Waals surface area contributed by atoms with E-state index < -0.39 is 17.7 Å². The molecule has 1 atom stereocenters. The van der Waals surface area contributed by atoms with E-state index in [9.17, 15) is 14.7 Å². The smallest absolute Gasteiger partial charge is 0.300 e. The highest BCUT2D eigenvalue weighted by atomic mass is 35.5. The number of aliphatic hydroxyl groups excluding tert-OH is 1. The van der Waals surface area contributed by atoms with E-state index in [1.807, 2.05) is 43.5 Å². The molecule has 2 heterocycles. The Kier molecular flexibility index (Phi) is 5.45. The molecule has 4 rings (SSSR count). The lowest BCUT2D eigenvalue weighted by Gasteiger charge is -2.26. The molecule has 0 spiro atoms. The maximum Gasteiger partial charge on any atom is 0.300 e. The number of nitrogens with zero attached hydrogens (tertiary/aromatic N) is 1. The highest BCUT2D eigenvalue weighted by Gasteiger charge is 2.48. The second-order valence-corrected chi connectivity index (χ2v) is 8.81. The van der Waals surface area contributed by atoms with Crippen LogP contribution in [-0.2, 0) is 9.59 Å². The summed E-state index contributed by atoms with van der Waals surface area (Å²) in [6.45, 7) is 3.80. The van der Waals surface area contributed by atoms with E-state index in [1.54, 1.807) is 18.2 Å². The van der Waals surface area contributed by atoms with Crippen LogP contribution >= 0.6 is 34.5 Å². The van der Waals surface area contributed by atoms with Gasteiger partial charge < -0.3 is 5.11 Å². The summed E-state index contributed by atoms with van der Waals surface area (Å²) < 4.78 is 0. The number of para-hydroxylation sites is 1. The number of ketones is 1. The number of thiophene rings is 1. The summed E-state index contributed by atoms with van der Waals surface area (Å²) >= 11 is 13.5. The number of amides is 1. The molecule has 1 unspecified atom stereocenters. The summed E-state index contributed by atoms with van der Waals surface area (Å²) in [6, 6.07) is 13.2. The van der Waals surface area contributed by atoms with Crippen molar-refractivity contribution in [1.29, 1.82) is 0 Å². The fourth-order valence-corrected chi connectivity index (χ4v) is 4.95. The summed E-state index contributed by atoms with van der Waals surface area (Å²) in [5.74, 6) is -1.69. The molecule has 2 aromatic carbocycles. The number of carbonyl (C=O) groups is 2. The van der Waals surface area contributed by atoms with E-state index in [4.69, 9.17) is 23.2 Å². The number of hydrogen-bond donors (Lipinski definition) is 1. The van der Waals surface area contributed by atoms with Crippen LogP contribution in [0.5, 0.6) is 0 Å². The van der Waals surface area contributed by atoms with E-state index in [1.165, 1.54) is 22.3 Å². The molecule has 3 aromatic rings. The SMILES string of the molecule is Cc1ccccc1N1C(=O)C(=O)/C(=C(\O)c2ccc(Cl)c(Cl)c2)C1c1sccc1C. The van der Waals surface area contributed by atoms with Crippen LogP contribution < -0.4 is 4.90 Å². The number of aliphatic hydroxyl groups is 1. The van der Waals surface area contributed by atoms with Crippen LogP contribution in [0.4, 0.5) is 5.69 Å². The van der Waals surface area contributed by atoms with Gasteiger partial charge in [0.1, 0.15) is 11.8 Å². The quantitative estimate of drug-likeness (QED) is 0.285. The second kappa shape index (κ2) is 7.91. The number of halogens is 2. The van der Waals surface area contributed by atoms with Gasteiger partial charge in [-0.05, 0) is 60.7 Å². The molecule has 30 heavy (non-hydrogen) atoms. The van der Waals surface area contributed by atoms with Crippen LogP contribution in [0.1, 0.15) is 27.6 Å². The van der Waals surface area contributed by atoms with Crippen molar-refractivity contribution in [2.24, 2.45) is 0 Å². The first-order valence-corrected chi connectivity index (χ1v) is 10.8. The third-order valence-corrected chi connectivity index (χ3v) is 6.97. The molecule has 1 aromatic heterocycles. The monoisotopic (exact) mass is 457 g/mol. The van der Waals surface area contributed by atoms with Crippen LogP contribution in [0.25, 0.3) is 5.76 Å². The summed E-state index contributed by atoms with van der Waals surface area (Å²) in [5, 5.41) is 13.6. The molecule has 4 nitrogen and oxygen atoms in total. The normalized spacial score (nSPS) is 18.3. The van der Waals surface area contributed by atoms with Crippen molar-refractivity contribution in [3.05, 3.63) is 91.1 Å². The van der Waals surface area contributed by atoms with E-state index in [0.717, 1.165) is 16.0 Å². The van der Waals surface area contributed by atoms with Crippen molar-refractivity contribution in [2.75, 3.05) is 4.90 Å². The fraction of sp³-hybridized carbons (Fsp3) is 0.130. The Morgan fingerprint density at radius 2 is 1.73 bits per heavy atom. The Morgan fingerprint density at radius 1 is 1.00 bits per heavy atom. The summed E-state index contributed by atoms with van der Waals surface area (Å²) in [7, 11) is 0. The minimum absolute atomic E-state index is 0.0344. The average Bonchev–Trinajstić information content (AvgIpc) is 3.25. The molecular weight excluding hydrogens is 441 g/mol. The van der Waals surface area contributed by atoms with Crippen LogP contribution in [0, 0.1) is 13.8 Å². The Bertz CT molecular complexity index is 1210. The molecule has 0 radical (unpaired) electrons. The maximum atomic E-state index is 13.1. The molecule has 0 saturated carbocycles. The Hall–Kier alpha value is -2.60. The highest BCUT2D eigenvalue weighted by Crippen LogP contribution is 2.45. The highest BCUT2D eigenvalue weighted by molar-refractivity contribution is 7.10. The number of carbonyl (C=O) groups excluding carboxylic acids is 2. The third-order valence-electron chi connectivity index (χ3n) is 5.16. The summed E-state index contributed by atoms with van der Waals surface area (Å²) in [4.78, 5) is 28.5. The standard InChI is InChI=1S/C23H17Cl2NO3S/c1-12-5-3-4-6-17(12)26-19(22-13(2)9-10-30-22)18(21(28)23(26)29)20(27)14-7-8-15(24)16(25)11-14/h3-11,19,27H,1-2H3/b20-18-. The molecule has 1 amide bonds. The van der Waals surface area contributed by atoms with Gasteiger partial charge in [-0.1, -0.05) is 41.4 Å². The zero-order chi connectivity index (χ0) is 21.6. The van der Waals surface area contributed by atoms with Crippen LogP contribution in [0.3, 0.4) is 0 Å². The largest absolute Gasteiger partial charge is 0.507 e. The van der Waals surface area contributed by atoms with E-state index in [0.29, 0.717) is 16.3 Å². The molecule has 0 aliphatic carbocycles. The summed E-state index contributed by atoms with van der Waals surface area (Å²) in [5.41, 5.74) is 2.78. The summed E-state index contributed by atoms with van der Waals surface area (Å²) in [6.07, 6.45) is 0. The molecule has 1 fully saturated rings. The predicted octanol–water partition coefficient (Wildman–Crippen LogP) is 6.30. The number of aryl methyl sites for hydroxylation is 2. The van der Waals surface area contributed by atoms with Crippen LogP contribution in [-0.4, -0.2) is 16.8 Å². The minimum atomic E-state index is -0.736. The third kappa shape index (κ3) is 3.33. The molecule has 1 saturated heterocycles. The van der Waals surface area contributed by atoms with Crippen molar-refractivity contribution in [3.63, 3.8) is 0 Å². The van der Waals surface area contributed by atoms with Gasteiger partial charge in [-0.15, -0.1) is 11.3 Å². The van der Waals surface area contributed by atoms with Crippen LogP contribution in [0.15, 0.2) is 59.5 Å². The molecule has 7 heteroatoms. The first-order chi connectivity index (χ1) is 14.3. The van der Waals surface area contributed by atoms with E-state index >= 15 is 0 Å². The molecular formula is C23H17Cl2NO3S. The molecule has 152 valence electrons. The Balaban J connectivity index is 1.98. The van der Waals surface area contributed by atoms with Crippen molar-refractivity contribution in [3.8, 4) is 0 Å². The molecule has 0 bridgehead atoms. The van der Waals surface area contributed by atoms with Gasteiger partial charge in [0.05, 0.1) is 15.6 Å². The van der Waals surface area contributed by atoms with Gasteiger partial charge in [-0.2, -0.15) is 0 Å². The van der Waals surface area contributed by atoms with Gasteiger partial charge in [-0.3, -0.25) is 14.5 Å². The van der Waals surface area contributed by atoms with Gasteiger partial charge >= 0.3 is 0 Å². The van der Waals surface area contributed by atoms with Gasteiger partial charge in [-0.25, -0.2) is 0 Å². The lowest BCUT2D eigenvalue weighted by molar-refractivity contribution is -0.132.